The number of aromatic nitrogens is 3. The maximum atomic E-state index is 13.6. The Morgan fingerprint density at radius 2 is 2.03 bits per heavy atom. The zero-order valence-corrected chi connectivity index (χ0v) is 16.1. The number of nitrogens with zero attached hydrogens (tertiary/aromatic N) is 3. The van der Waals surface area contributed by atoms with Gasteiger partial charge in [-0.2, -0.15) is 0 Å². The largest absolute Gasteiger partial charge is 0.423 e. The van der Waals surface area contributed by atoms with Crippen LogP contribution >= 0.6 is 0 Å². The summed E-state index contributed by atoms with van der Waals surface area (Å²) >= 11 is 0. The van der Waals surface area contributed by atoms with Crippen LogP contribution in [0.1, 0.15) is 31.5 Å². The summed E-state index contributed by atoms with van der Waals surface area (Å²) in [6.07, 6.45) is 2.22. The number of rotatable bonds is 5. The highest BCUT2D eigenvalue weighted by atomic mass is 19.1. The number of halogens is 1. The van der Waals surface area contributed by atoms with Crippen LogP contribution in [-0.2, 0) is 12.1 Å². The maximum absolute atomic E-state index is 13.6. The average Bonchev–Trinajstić information content (AvgIpc) is 3.16. The smallest absolute Gasteiger partial charge is 0.336 e. The summed E-state index contributed by atoms with van der Waals surface area (Å²) < 4.78 is 20.6. The van der Waals surface area contributed by atoms with Gasteiger partial charge in [0.1, 0.15) is 22.7 Å². The number of hydrogen-bond donors (Lipinski definition) is 1. The van der Waals surface area contributed by atoms with Crippen LogP contribution in [0.5, 0.6) is 0 Å². The van der Waals surface area contributed by atoms with E-state index in [0.29, 0.717) is 40.8 Å². The molecule has 7 heteroatoms. The topological polar surface area (TPSA) is 81.2 Å². The van der Waals surface area contributed by atoms with Gasteiger partial charge in [0.05, 0.1) is 12.7 Å². The third kappa shape index (κ3) is 3.82. The molecule has 29 heavy (non-hydrogen) atoms. The van der Waals surface area contributed by atoms with Gasteiger partial charge in [0, 0.05) is 11.5 Å². The summed E-state index contributed by atoms with van der Waals surface area (Å²) in [5, 5.41) is 19.1. The fourth-order valence-corrected chi connectivity index (χ4v) is 3.19. The van der Waals surface area contributed by atoms with Gasteiger partial charge in [-0.05, 0) is 48.2 Å². The molecule has 0 spiro atoms. The predicted octanol–water partition coefficient (Wildman–Crippen LogP) is 3.86. The fraction of sp³-hybridized carbons (Fsp3) is 0.227. The van der Waals surface area contributed by atoms with E-state index in [1.165, 1.54) is 18.2 Å². The summed E-state index contributed by atoms with van der Waals surface area (Å²) in [5.74, 6) is -0.370. The molecule has 0 radical (unpaired) electrons. The van der Waals surface area contributed by atoms with Gasteiger partial charge in [0.2, 0.25) is 0 Å². The Morgan fingerprint density at radius 1 is 1.21 bits per heavy atom. The van der Waals surface area contributed by atoms with Crippen LogP contribution < -0.4 is 5.63 Å². The van der Waals surface area contributed by atoms with E-state index in [4.69, 9.17) is 4.42 Å². The quantitative estimate of drug-likeness (QED) is 0.521. The summed E-state index contributed by atoms with van der Waals surface area (Å²) in [6, 6.07) is 13.0. The number of benzene rings is 2. The molecule has 0 aliphatic heterocycles. The molecule has 2 aromatic carbocycles. The third-order valence-corrected chi connectivity index (χ3v) is 5.07. The molecule has 6 nitrogen and oxygen atoms in total. The molecule has 0 aliphatic carbocycles. The molecule has 1 atom stereocenters. The monoisotopic (exact) mass is 393 g/mol. The molecule has 1 unspecified atom stereocenters. The second kappa shape index (κ2) is 7.25. The SMILES string of the molecule is CCC(C)(O)c1cn(Cc2ccc3c(-c4cccc(F)c4)cc(=O)oc3c2)nn1. The Labute approximate surface area is 166 Å². The van der Waals surface area contributed by atoms with Crippen LogP contribution in [0.4, 0.5) is 4.39 Å². The van der Waals surface area contributed by atoms with E-state index in [9.17, 15) is 14.3 Å². The van der Waals surface area contributed by atoms with Gasteiger partial charge in [0.25, 0.3) is 0 Å². The predicted molar refractivity (Wildman–Crippen MR) is 107 cm³/mol. The van der Waals surface area contributed by atoms with E-state index in [2.05, 4.69) is 10.3 Å². The molecule has 0 bridgehead atoms. The zero-order chi connectivity index (χ0) is 20.6. The highest BCUT2D eigenvalue weighted by Crippen LogP contribution is 2.28. The first kappa shape index (κ1) is 19.0. The van der Waals surface area contributed by atoms with Crippen molar-refractivity contribution in [2.45, 2.75) is 32.4 Å². The van der Waals surface area contributed by atoms with Crippen molar-refractivity contribution in [1.82, 2.24) is 15.0 Å². The fourth-order valence-electron chi connectivity index (χ4n) is 3.19. The Morgan fingerprint density at radius 3 is 2.79 bits per heavy atom. The summed E-state index contributed by atoms with van der Waals surface area (Å²) in [6.45, 7) is 3.97. The van der Waals surface area contributed by atoms with Gasteiger partial charge in [-0.3, -0.25) is 0 Å². The van der Waals surface area contributed by atoms with E-state index >= 15 is 0 Å². The second-order valence-corrected chi connectivity index (χ2v) is 7.25. The minimum Gasteiger partial charge on any atom is -0.423 e. The molecule has 2 heterocycles. The van der Waals surface area contributed by atoms with Crippen LogP contribution in [0.15, 0.2) is 63.9 Å². The Bertz CT molecular complexity index is 1240. The number of aliphatic hydroxyl groups is 1. The standard InChI is InChI=1S/C22H20FN3O3/c1-3-22(2,28)20-13-26(25-24-20)12-14-7-8-17-18(11-21(27)29-19(17)9-14)15-5-4-6-16(23)10-15/h4-11,13,28H,3,12H2,1-2H3. The van der Waals surface area contributed by atoms with Gasteiger partial charge in [0.15, 0.2) is 0 Å². The van der Waals surface area contributed by atoms with Crippen molar-refractivity contribution in [2.75, 3.05) is 0 Å². The lowest BCUT2D eigenvalue weighted by molar-refractivity contribution is 0.0484. The second-order valence-electron chi connectivity index (χ2n) is 7.25. The zero-order valence-electron chi connectivity index (χ0n) is 16.1. The lowest BCUT2D eigenvalue weighted by Crippen LogP contribution is -2.20. The van der Waals surface area contributed by atoms with Crippen LogP contribution in [-0.4, -0.2) is 20.1 Å². The summed E-state index contributed by atoms with van der Waals surface area (Å²) in [5.41, 5.74) is 1.45. The average molecular weight is 393 g/mol. The van der Waals surface area contributed by atoms with Gasteiger partial charge in [-0.25, -0.2) is 13.9 Å². The van der Waals surface area contributed by atoms with Crippen molar-refractivity contribution >= 4 is 11.0 Å². The summed E-state index contributed by atoms with van der Waals surface area (Å²) in [7, 11) is 0. The van der Waals surface area contributed by atoms with Crippen molar-refractivity contribution in [1.29, 1.82) is 0 Å². The molecule has 2 aromatic heterocycles. The minimum atomic E-state index is -1.03. The van der Waals surface area contributed by atoms with Crippen LogP contribution in [0.25, 0.3) is 22.1 Å². The van der Waals surface area contributed by atoms with Crippen LogP contribution in [0, 0.1) is 5.82 Å². The molecule has 0 fully saturated rings. The lowest BCUT2D eigenvalue weighted by atomic mass is 10.0. The first-order valence-corrected chi connectivity index (χ1v) is 9.31. The molecule has 148 valence electrons. The molecule has 0 saturated carbocycles. The lowest BCUT2D eigenvalue weighted by Gasteiger charge is -2.16. The molecule has 0 aliphatic rings. The van der Waals surface area contributed by atoms with E-state index in [1.54, 1.807) is 36.0 Å². The molecular weight excluding hydrogens is 373 g/mol. The molecule has 0 amide bonds. The van der Waals surface area contributed by atoms with E-state index in [-0.39, 0.29) is 5.82 Å². The normalized spacial score (nSPS) is 13.5. The molecule has 4 rings (SSSR count). The number of fused-ring (bicyclic) bond motifs is 1. The van der Waals surface area contributed by atoms with Crippen molar-refractivity contribution < 1.29 is 13.9 Å². The van der Waals surface area contributed by atoms with Crippen molar-refractivity contribution in [3.63, 3.8) is 0 Å². The molecular formula is C22H20FN3O3. The molecule has 4 aromatic rings. The third-order valence-electron chi connectivity index (χ3n) is 5.07. The molecule has 0 saturated heterocycles. The minimum absolute atomic E-state index is 0.370. The first-order valence-electron chi connectivity index (χ1n) is 9.31. The Hall–Kier alpha value is -3.32. The van der Waals surface area contributed by atoms with Crippen molar-refractivity contribution in [2.24, 2.45) is 0 Å². The Kier molecular flexibility index (Phi) is 4.76. The maximum Gasteiger partial charge on any atom is 0.336 e. The van der Waals surface area contributed by atoms with Crippen molar-refractivity contribution in [3.8, 4) is 11.1 Å². The molecule has 1 N–H and O–H groups in total. The van der Waals surface area contributed by atoms with E-state index in [0.717, 1.165) is 5.56 Å². The summed E-state index contributed by atoms with van der Waals surface area (Å²) in [4.78, 5) is 12.1. The van der Waals surface area contributed by atoms with Crippen LogP contribution in [0.2, 0.25) is 0 Å². The van der Waals surface area contributed by atoms with Gasteiger partial charge >= 0.3 is 5.63 Å². The highest BCUT2D eigenvalue weighted by molar-refractivity contribution is 5.93. The highest BCUT2D eigenvalue weighted by Gasteiger charge is 2.24. The van der Waals surface area contributed by atoms with Crippen molar-refractivity contribution in [3.05, 3.63) is 82.2 Å². The van der Waals surface area contributed by atoms with E-state index in [1.807, 2.05) is 19.1 Å². The van der Waals surface area contributed by atoms with E-state index < -0.39 is 11.2 Å². The first-order chi connectivity index (χ1) is 13.9. The van der Waals surface area contributed by atoms with Gasteiger partial charge < -0.3 is 9.52 Å². The van der Waals surface area contributed by atoms with Gasteiger partial charge in [-0.15, -0.1) is 5.10 Å². The van der Waals surface area contributed by atoms with Gasteiger partial charge in [-0.1, -0.05) is 36.4 Å². The number of hydrogen-bond acceptors (Lipinski definition) is 5. The van der Waals surface area contributed by atoms with Crippen LogP contribution in [0.3, 0.4) is 0 Å². The Balaban J connectivity index is 1.71.